The van der Waals surface area contributed by atoms with Crippen molar-refractivity contribution in [3.63, 3.8) is 0 Å². The molecule has 0 aromatic carbocycles. The summed E-state index contributed by atoms with van der Waals surface area (Å²) >= 11 is 5.38. The highest BCUT2D eigenvalue weighted by molar-refractivity contribution is 7.80. The SMILES string of the molecule is COC(=O)c1sccc1S. The fourth-order valence-electron chi connectivity index (χ4n) is 0.548. The van der Waals surface area contributed by atoms with Gasteiger partial charge in [0, 0.05) is 4.90 Å². The molecule has 0 saturated heterocycles. The molecular weight excluding hydrogens is 168 g/mol. The van der Waals surface area contributed by atoms with Crippen molar-refractivity contribution in [1.82, 2.24) is 0 Å². The van der Waals surface area contributed by atoms with E-state index in [4.69, 9.17) is 0 Å². The molecule has 0 unspecified atom stereocenters. The summed E-state index contributed by atoms with van der Waals surface area (Å²) in [6.45, 7) is 0. The first-order valence-corrected chi connectivity index (χ1v) is 3.93. The summed E-state index contributed by atoms with van der Waals surface area (Å²) in [7, 11) is 1.36. The molecule has 0 amide bonds. The quantitative estimate of drug-likeness (QED) is 0.519. The number of methoxy groups -OCH3 is 1. The third-order valence-corrected chi connectivity index (χ3v) is 2.43. The molecule has 0 aliphatic heterocycles. The lowest BCUT2D eigenvalue weighted by atomic mass is 10.5. The van der Waals surface area contributed by atoms with Crippen molar-refractivity contribution in [3.8, 4) is 0 Å². The van der Waals surface area contributed by atoms with Crippen LogP contribution in [0.25, 0.3) is 0 Å². The fraction of sp³-hybridized carbons (Fsp3) is 0.167. The lowest BCUT2D eigenvalue weighted by Gasteiger charge is -1.93. The first-order chi connectivity index (χ1) is 4.75. The Bertz CT molecular complexity index is 242. The fourth-order valence-corrected chi connectivity index (χ4v) is 1.68. The van der Waals surface area contributed by atoms with E-state index in [0.717, 1.165) is 0 Å². The summed E-state index contributed by atoms with van der Waals surface area (Å²) < 4.78 is 4.50. The number of ether oxygens (including phenoxy) is 1. The third-order valence-electron chi connectivity index (χ3n) is 1.02. The maximum atomic E-state index is 10.8. The predicted molar refractivity (Wildman–Crippen MR) is 42.9 cm³/mol. The molecule has 0 N–H and O–H groups in total. The summed E-state index contributed by atoms with van der Waals surface area (Å²) in [6.07, 6.45) is 0. The molecule has 4 heteroatoms. The van der Waals surface area contributed by atoms with Gasteiger partial charge in [-0.05, 0) is 11.4 Å². The van der Waals surface area contributed by atoms with Crippen molar-refractivity contribution in [2.24, 2.45) is 0 Å². The van der Waals surface area contributed by atoms with Crippen molar-refractivity contribution in [3.05, 3.63) is 16.3 Å². The zero-order chi connectivity index (χ0) is 7.56. The Kier molecular flexibility index (Phi) is 2.34. The largest absolute Gasteiger partial charge is 0.465 e. The van der Waals surface area contributed by atoms with Gasteiger partial charge < -0.3 is 4.74 Å². The van der Waals surface area contributed by atoms with E-state index in [1.54, 1.807) is 11.4 Å². The number of thiophene rings is 1. The second-order valence-electron chi connectivity index (χ2n) is 1.63. The van der Waals surface area contributed by atoms with E-state index in [1.165, 1.54) is 18.4 Å². The summed E-state index contributed by atoms with van der Waals surface area (Å²) in [5, 5.41) is 1.80. The van der Waals surface area contributed by atoms with Gasteiger partial charge in [0.05, 0.1) is 7.11 Å². The van der Waals surface area contributed by atoms with Crippen LogP contribution < -0.4 is 0 Å². The van der Waals surface area contributed by atoms with Crippen LogP contribution in [-0.4, -0.2) is 13.1 Å². The zero-order valence-electron chi connectivity index (χ0n) is 5.33. The molecule has 1 aromatic heterocycles. The zero-order valence-corrected chi connectivity index (χ0v) is 7.04. The van der Waals surface area contributed by atoms with E-state index < -0.39 is 0 Å². The maximum absolute atomic E-state index is 10.8. The summed E-state index contributed by atoms with van der Waals surface area (Å²) in [5.41, 5.74) is 0. The number of hydrogen-bond donors (Lipinski definition) is 1. The van der Waals surface area contributed by atoms with E-state index in [1.807, 2.05) is 0 Å². The highest BCUT2D eigenvalue weighted by Crippen LogP contribution is 2.20. The standard InChI is InChI=1S/C6H6O2S2/c1-8-6(7)5-4(9)2-3-10-5/h2-3,9H,1H3. The number of esters is 1. The van der Waals surface area contributed by atoms with Crippen LogP contribution >= 0.6 is 24.0 Å². The average molecular weight is 174 g/mol. The molecule has 0 aliphatic rings. The van der Waals surface area contributed by atoms with Crippen LogP contribution in [0.5, 0.6) is 0 Å². The Balaban J connectivity index is 2.93. The number of carbonyl (C=O) groups excluding carboxylic acids is 1. The van der Waals surface area contributed by atoms with Crippen molar-refractivity contribution < 1.29 is 9.53 Å². The predicted octanol–water partition coefficient (Wildman–Crippen LogP) is 1.82. The molecule has 0 aliphatic carbocycles. The van der Waals surface area contributed by atoms with E-state index in [0.29, 0.717) is 9.77 Å². The molecule has 0 saturated carbocycles. The molecule has 1 aromatic rings. The van der Waals surface area contributed by atoms with Gasteiger partial charge >= 0.3 is 5.97 Å². The second kappa shape index (κ2) is 3.07. The molecule has 0 radical (unpaired) electrons. The topological polar surface area (TPSA) is 26.3 Å². The number of rotatable bonds is 1. The van der Waals surface area contributed by atoms with Crippen molar-refractivity contribution in [2.45, 2.75) is 4.90 Å². The number of hydrogen-bond acceptors (Lipinski definition) is 4. The van der Waals surface area contributed by atoms with E-state index >= 15 is 0 Å². The van der Waals surface area contributed by atoms with Gasteiger partial charge in [0.25, 0.3) is 0 Å². The third kappa shape index (κ3) is 1.33. The van der Waals surface area contributed by atoms with Gasteiger partial charge in [-0.25, -0.2) is 4.79 Å². The van der Waals surface area contributed by atoms with Crippen molar-refractivity contribution >= 4 is 29.9 Å². The van der Waals surface area contributed by atoms with Crippen LogP contribution in [0.1, 0.15) is 9.67 Å². The Morgan fingerprint density at radius 2 is 2.50 bits per heavy atom. The maximum Gasteiger partial charge on any atom is 0.349 e. The minimum absolute atomic E-state index is 0.319. The number of thiol groups is 1. The molecule has 1 heterocycles. The molecule has 10 heavy (non-hydrogen) atoms. The monoisotopic (exact) mass is 174 g/mol. The van der Waals surface area contributed by atoms with Crippen LogP contribution in [0, 0.1) is 0 Å². The van der Waals surface area contributed by atoms with Gasteiger partial charge in [0.15, 0.2) is 0 Å². The lowest BCUT2D eigenvalue weighted by Crippen LogP contribution is -1.98. The molecule has 2 nitrogen and oxygen atoms in total. The van der Waals surface area contributed by atoms with Crippen molar-refractivity contribution in [1.29, 1.82) is 0 Å². The van der Waals surface area contributed by atoms with Gasteiger partial charge in [-0.3, -0.25) is 0 Å². The molecule has 0 spiro atoms. The van der Waals surface area contributed by atoms with Gasteiger partial charge in [-0.1, -0.05) is 0 Å². The molecule has 54 valence electrons. The van der Waals surface area contributed by atoms with Crippen LogP contribution in [0.15, 0.2) is 16.3 Å². The van der Waals surface area contributed by atoms with Crippen LogP contribution in [0.3, 0.4) is 0 Å². The summed E-state index contributed by atoms with van der Waals surface area (Å²) in [4.78, 5) is 12.1. The van der Waals surface area contributed by atoms with Gasteiger partial charge in [0.2, 0.25) is 0 Å². The Hall–Kier alpha value is -0.480. The van der Waals surface area contributed by atoms with E-state index in [-0.39, 0.29) is 5.97 Å². The molecule has 1 rings (SSSR count). The van der Waals surface area contributed by atoms with Gasteiger partial charge in [-0.2, -0.15) is 0 Å². The normalized spacial score (nSPS) is 9.40. The van der Waals surface area contributed by atoms with E-state index in [9.17, 15) is 4.79 Å². The Morgan fingerprint density at radius 3 is 2.90 bits per heavy atom. The lowest BCUT2D eigenvalue weighted by molar-refractivity contribution is 0.0603. The molecule has 0 bridgehead atoms. The summed E-state index contributed by atoms with van der Waals surface area (Å²) in [6, 6.07) is 1.76. The van der Waals surface area contributed by atoms with Crippen LogP contribution in [-0.2, 0) is 4.74 Å². The number of carbonyl (C=O) groups is 1. The first kappa shape index (κ1) is 7.63. The minimum atomic E-state index is -0.319. The second-order valence-corrected chi connectivity index (χ2v) is 3.02. The van der Waals surface area contributed by atoms with Crippen molar-refractivity contribution in [2.75, 3.05) is 7.11 Å². The van der Waals surface area contributed by atoms with E-state index in [2.05, 4.69) is 17.4 Å². The highest BCUT2D eigenvalue weighted by atomic mass is 32.1. The molecule has 0 fully saturated rings. The van der Waals surface area contributed by atoms with Gasteiger partial charge in [0.1, 0.15) is 4.88 Å². The molecule has 0 atom stereocenters. The molecular formula is C6H6O2S2. The van der Waals surface area contributed by atoms with Crippen LogP contribution in [0.4, 0.5) is 0 Å². The summed E-state index contributed by atoms with van der Waals surface area (Å²) in [5.74, 6) is -0.319. The Labute approximate surface area is 68.2 Å². The first-order valence-electron chi connectivity index (χ1n) is 2.60. The van der Waals surface area contributed by atoms with Gasteiger partial charge in [-0.15, -0.1) is 24.0 Å². The average Bonchev–Trinajstić information content (AvgIpc) is 2.34. The Morgan fingerprint density at radius 1 is 1.80 bits per heavy atom. The smallest absolute Gasteiger partial charge is 0.349 e. The highest BCUT2D eigenvalue weighted by Gasteiger charge is 2.09. The minimum Gasteiger partial charge on any atom is -0.465 e. The van der Waals surface area contributed by atoms with Crippen LogP contribution in [0.2, 0.25) is 0 Å².